The zero-order chi connectivity index (χ0) is 21.2. The van der Waals surface area contributed by atoms with Crippen molar-refractivity contribution in [3.8, 4) is 23.0 Å². The van der Waals surface area contributed by atoms with Gasteiger partial charge < -0.3 is 24.5 Å². The third-order valence-electron chi connectivity index (χ3n) is 5.93. The number of phenolic OH excluding ortho intramolecular Hbond substituents is 3. The molecule has 4 rings (SSSR count). The summed E-state index contributed by atoms with van der Waals surface area (Å²) in [5, 5.41) is 31.3. The summed E-state index contributed by atoms with van der Waals surface area (Å²) in [6.07, 6.45) is 2.16. The van der Waals surface area contributed by atoms with E-state index in [-0.39, 0.29) is 39.5 Å². The van der Waals surface area contributed by atoms with Crippen LogP contribution in [0.25, 0.3) is 21.9 Å². The normalized spacial score (nSPS) is 17.3. The molecule has 2 heterocycles. The topological polar surface area (TPSA) is 100 Å². The van der Waals surface area contributed by atoms with E-state index in [0.717, 1.165) is 5.57 Å². The summed E-state index contributed by atoms with van der Waals surface area (Å²) in [5.41, 5.74) is 1.39. The Morgan fingerprint density at radius 1 is 1.14 bits per heavy atom. The van der Waals surface area contributed by atoms with Crippen molar-refractivity contribution in [3.63, 3.8) is 0 Å². The van der Waals surface area contributed by atoms with Crippen LogP contribution in [0.15, 0.2) is 33.0 Å². The van der Waals surface area contributed by atoms with Crippen LogP contribution < -0.4 is 10.2 Å². The Labute approximate surface area is 167 Å². The molecule has 3 aromatic rings. The zero-order valence-corrected chi connectivity index (χ0v) is 17.1. The van der Waals surface area contributed by atoms with Crippen molar-refractivity contribution in [1.82, 2.24) is 0 Å². The lowest BCUT2D eigenvalue weighted by molar-refractivity contribution is 0.184. The van der Waals surface area contributed by atoms with Gasteiger partial charge in [0.05, 0.1) is 5.39 Å². The second kappa shape index (κ2) is 6.17. The summed E-state index contributed by atoms with van der Waals surface area (Å²) in [7, 11) is 0. The van der Waals surface area contributed by atoms with E-state index in [1.54, 1.807) is 0 Å². The number of fused-ring (bicyclic) bond motifs is 4. The number of hydrogen-bond acceptors (Lipinski definition) is 6. The highest BCUT2D eigenvalue weighted by Gasteiger charge is 2.44. The van der Waals surface area contributed by atoms with Gasteiger partial charge in [0.1, 0.15) is 28.6 Å². The molecular formula is C23H24O6. The average Bonchev–Trinajstić information content (AvgIpc) is 2.87. The summed E-state index contributed by atoms with van der Waals surface area (Å²) >= 11 is 0. The molecule has 1 aliphatic rings. The molecule has 1 aliphatic heterocycles. The highest BCUT2D eigenvalue weighted by molar-refractivity contribution is 5.99. The Bertz CT molecular complexity index is 1260. The molecule has 1 atom stereocenters. The molecule has 6 heteroatoms. The summed E-state index contributed by atoms with van der Waals surface area (Å²) in [5.74, 6) is -0.561. The summed E-state index contributed by atoms with van der Waals surface area (Å²) in [6, 6.07) is 2.60. The molecule has 29 heavy (non-hydrogen) atoms. The van der Waals surface area contributed by atoms with E-state index in [1.807, 2.05) is 40.7 Å². The molecule has 0 bridgehead atoms. The van der Waals surface area contributed by atoms with Crippen LogP contribution in [0.4, 0.5) is 0 Å². The molecule has 0 amide bonds. The van der Waals surface area contributed by atoms with Gasteiger partial charge in [0.15, 0.2) is 11.3 Å². The van der Waals surface area contributed by atoms with E-state index in [9.17, 15) is 20.1 Å². The van der Waals surface area contributed by atoms with Gasteiger partial charge in [0.2, 0.25) is 11.2 Å². The molecule has 0 spiro atoms. The van der Waals surface area contributed by atoms with Crippen LogP contribution in [0, 0.1) is 0 Å². The van der Waals surface area contributed by atoms with Crippen molar-refractivity contribution in [1.29, 1.82) is 0 Å². The highest BCUT2D eigenvalue weighted by Crippen LogP contribution is 2.52. The van der Waals surface area contributed by atoms with Gasteiger partial charge in [0, 0.05) is 16.5 Å². The number of rotatable bonds is 2. The summed E-state index contributed by atoms with van der Waals surface area (Å²) < 4.78 is 12.1. The second-order valence-electron chi connectivity index (χ2n) is 8.44. The minimum absolute atomic E-state index is 0.0595. The molecule has 0 unspecified atom stereocenters. The van der Waals surface area contributed by atoms with Crippen LogP contribution in [0.1, 0.15) is 45.7 Å². The van der Waals surface area contributed by atoms with Crippen molar-refractivity contribution in [2.75, 3.05) is 0 Å². The van der Waals surface area contributed by atoms with Crippen molar-refractivity contribution in [2.24, 2.45) is 0 Å². The van der Waals surface area contributed by atoms with E-state index in [1.165, 1.54) is 12.1 Å². The first-order chi connectivity index (χ1) is 13.6. The number of aromatic hydroxyl groups is 3. The number of benzene rings is 2. The van der Waals surface area contributed by atoms with Crippen LogP contribution in [0.3, 0.4) is 0 Å². The van der Waals surface area contributed by atoms with Gasteiger partial charge in [-0.15, -0.1) is 0 Å². The Kier molecular flexibility index (Phi) is 4.08. The fourth-order valence-corrected chi connectivity index (χ4v) is 3.88. The fraction of sp³-hybridized carbons (Fsp3) is 0.348. The molecule has 0 fully saturated rings. The minimum atomic E-state index is -0.506. The Morgan fingerprint density at radius 3 is 2.48 bits per heavy atom. The minimum Gasteiger partial charge on any atom is -0.507 e. The maximum atomic E-state index is 13.3. The van der Waals surface area contributed by atoms with Crippen LogP contribution in [-0.4, -0.2) is 21.4 Å². The lowest BCUT2D eigenvalue weighted by atomic mass is 9.79. The van der Waals surface area contributed by atoms with Gasteiger partial charge in [-0.2, -0.15) is 0 Å². The molecule has 0 aliphatic carbocycles. The fourth-order valence-electron chi connectivity index (χ4n) is 3.88. The van der Waals surface area contributed by atoms with E-state index in [2.05, 4.69) is 0 Å². The van der Waals surface area contributed by atoms with Gasteiger partial charge in [-0.3, -0.25) is 4.79 Å². The molecule has 0 radical (unpaired) electrons. The third-order valence-corrected chi connectivity index (χ3v) is 5.93. The first-order valence-corrected chi connectivity index (χ1v) is 9.55. The summed E-state index contributed by atoms with van der Waals surface area (Å²) in [6.45, 7) is 9.82. The van der Waals surface area contributed by atoms with Crippen molar-refractivity contribution in [3.05, 3.63) is 45.1 Å². The van der Waals surface area contributed by atoms with Crippen LogP contribution in [0.2, 0.25) is 0 Å². The number of phenols is 3. The highest BCUT2D eigenvalue weighted by atomic mass is 16.5. The van der Waals surface area contributed by atoms with Gasteiger partial charge in [0.25, 0.3) is 0 Å². The third kappa shape index (κ3) is 2.58. The van der Waals surface area contributed by atoms with E-state index >= 15 is 0 Å². The second-order valence-corrected chi connectivity index (χ2v) is 8.44. The number of hydrogen-bond donors (Lipinski definition) is 3. The number of ether oxygens (including phenoxy) is 1. The molecule has 6 nitrogen and oxygen atoms in total. The average molecular weight is 396 g/mol. The van der Waals surface area contributed by atoms with Gasteiger partial charge in [-0.05, 0) is 39.3 Å². The monoisotopic (exact) mass is 396 g/mol. The van der Waals surface area contributed by atoms with Crippen molar-refractivity contribution < 1.29 is 24.5 Å². The molecular weight excluding hydrogens is 372 g/mol. The predicted molar refractivity (Wildman–Crippen MR) is 111 cm³/mol. The van der Waals surface area contributed by atoms with Gasteiger partial charge >= 0.3 is 0 Å². The van der Waals surface area contributed by atoms with Gasteiger partial charge in [-0.25, -0.2) is 0 Å². The lowest BCUT2D eigenvalue weighted by Crippen LogP contribution is -2.29. The molecule has 0 saturated heterocycles. The van der Waals surface area contributed by atoms with Crippen molar-refractivity contribution >= 4 is 21.9 Å². The molecule has 3 N–H and O–H groups in total. The standard InChI is InChI=1S/C23H24O6/c1-10(2)6-7-12-17(25)15-18(26)13-8-9-14(24)19(27)21(13)29-22(15)16-20(12)28-11(3)23(16,4)5/h6,8-9,11,24-25,27H,7H2,1-5H3/t11-/m0/s1. The van der Waals surface area contributed by atoms with E-state index in [0.29, 0.717) is 23.3 Å². The number of allylic oxidation sites excluding steroid dienone is 2. The maximum absolute atomic E-state index is 13.3. The summed E-state index contributed by atoms with van der Waals surface area (Å²) in [4.78, 5) is 13.3. The van der Waals surface area contributed by atoms with E-state index in [4.69, 9.17) is 9.15 Å². The first kappa shape index (κ1) is 19.2. The van der Waals surface area contributed by atoms with E-state index < -0.39 is 16.6 Å². The molecule has 1 aromatic heterocycles. The largest absolute Gasteiger partial charge is 0.507 e. The first-order valence-electron chi connectivity index (χ1n) is 9.55. The predicted octanol–water partition coefficient (Wildman–Crippen LogP) is 4.63. The Hall–Kier alpha value is -3.15. The van der Waals surface area contributed by atoms with Crippen LogP contribution >= 0.6 is 0 Å². The quantitative estimate of drug-likeness (QED) is 0.332. The lowest BCUT2D eigenvalue weighted by Gasteiger charge is -2.22. The zero-order valence-electron chi connectivity index (χ0n) is 17.1. The Morgan fingerprint density at radius 2 is 1.83 bits per heavy atom. The maximum Gasteiger partial charge on any atom is 0.204 e. The van der Waals surface area contributed by atoms with Gasteiger partial charge in [-0.1, -0.05) is 25.5 Å². The van der Waals surface area contributed by atoms with Crippen LogP contribution in [-0.2, 0) is 11.8 Å². The molecule has 0 saturated carbocycles. The van der Waals surface area contributed by atoms with Crippen molar-refractivity contribution in [2.45, 2.75) is 52.6 Å². The molecule has 152 valence electrons. The van der Waals surface area contributed by atoms with Crippen LogP contribution in [0.5, 0.6) is 23.0 Å². The smallest absolute Gasteiger partial charge is 0.204 e. The Balaban J connectivity index is 2.24. The molecule has 2 aromatic carbocycles. The SMILES string of the molecule is CC(C)=CCc1c2c(c3oc4c(O)c(O)ccc4c(=O)c3c1O)C(C)(C)[C@H](C)O2.